The van der Waals surface area contributed by atoms with Crippen molar-refractivity contribution in [2.75, 3.05) is 0 Å². The van der Waals surface area contributed by atoms with E-state index < -0.39 is 0 Å². The smallest absolute Gasteiger partial charge is 0.145 e. The van der Waals surface area contributed by atoms with Gasteiger partial charge in [-0.05, 0) is 159 Å². The average Bonchev–Trinajstić information content (AvgIpc) is 4.00. The number of hydrogen-bond acceptors (Lipinski definition) is 1. The van der Waals surface area contributed by atoms with E-state index in [1.807, 2.05) is 0 Å². The lowest BCUT2D eigenvalue weighted by atomic mass is 9.79. The van der Waals surface area contributed by atoms with Gasteiger partial charge in [0.2, 0.25) is 0 Å². The Labute approximate surface area is 415 Å². The molecule has 2 nitrogen and oxygen atoms in total. The van der Waals surface area contributed by atoms with E-state index in [1.54, 1.807) is 0 Å². The molecule has 0 bridgehead atoms. The van der Waals surface area contributed by atoms with Gasteiger partial charge in [0.05, 0.1) is 11.0 Å². The molecule has 2 aliphatic rings. The molecule has 0 fully saturated rings. The van der Waals surface area contributed by atoms with Gasteiger partial charge in [-0.15, -0.1) is 0 Å². The maximum atomic E-state index is 5.38. The Morgan fingerprint density at radius 2 is 0.732 bits per heavy atom. The highest BCUT2D eigenvalue weighted by Crippen LogP contribution is 2.54. The first kappa shape index (κ1) is 41.4. The number of fused-ring (bicyclic) bond motifs is 9. The van der Waals surface area contributed by atoms with Gasteiger partial charge in [0.1, 0.15) is 5.82 Å². The van der Waals surface area contributed by atoms with Crippen LogP contribution in [0, 0.1) is 0 Å². The Hall–Kier alpha value is -8.59. The molecule has 0 saturated heterocycles. The van der Waals surface area contributed by atoms with E-state index in [1.165, 1.54) is 99.4 Å². The molecule has 12 aromatic rings. The van der Waals surface area contributed by atoms with Gasteiger partial charge in [-0.1, -0.05) is 210 Å². The SMILES string of the molecule is CC1(C)c2ccccc2-c2ccc(-c3c4ccc(-c5ccc6c(c5)nc(-c5ccccc5)n6-c5ccccc5)cc4c(-c4ccc5c(c4)C(C)(C)c4ccccc4-5)c4ccc(-c5ccccc5)cc34)cc21. The van der Waals surface area contributed by atoms with E-state index in [2.05, 4.69) is 263 Å². The molecule has 2 heteroatoms. The van der Waals surface area contributed by atoms with Crippen LogP contribution in [0.25, 0.3) is 116 Å². The topological polar surface area (TPSA) is 17.8 Å². The number of para-hydroxylation sites is 1. The predicted octanol–water partition coefficient (Wildman–Crippen LogP) is 18.3. The van der Waals surface area contributed by atoms with Crippen LogP contribution >= 0.6 is 0 Å². The van der Waals surface area contributed by atoms with Crippen molar-refractivity contribution in [3.63, 3.8) is 0 Å². The van der Waals surface area contributed by atoms with Gasteiger partial charge in [-0.25, -0.2) is 4.98 Å². The molecule has 71 heavy (non-hydrogen) atoms. The molecule has 0 atom stereocenters. The second-order valence-electron chi connectivity index (χ2n) is 20.7. The summed E-state index contributed by atoms with van der Waals surface area (Å²) in [6.07, 6.45) is 0. The minimum absolute atomic E-state index is 0.142. The summed E-state index contributed by atoms with van der Waals surface area (Å²) < 4.78 is 2.29. The highest BCUT2D eigenvalue weighted by molar-refractivity contribution is 6.23. The van der Waals surface area contributed by atoms with E-state index in [-0.39, 0.29) is 10.8 Å². The summed E-state index contributed by atoms with van der Waals surface area (Å²) in [6.45, 7) is 9.54. The van der Waals surface area contributed by atoms with Crippen molar-refractivity contribution in [1.82, 2.24) is 9.55 Å². The summed E-state index contributed by atoms with van der Waals surface area (Å²) in [4.78, 5) is 5.38. The first-order valence-electron chi connectivity index (χ1n) is 24.9. The largest absolute Gasteiger partial charge is 0.292 e. The van der Waals surface area contributed by atoms with Crippen LogP contribution in [0.4, 0.5) is 0 Å². The number of benzene rings is 11. The molecule has 0 aliphatic heterocycles. The molecular formula is C69H50N2. The molecule has 1 heterocycles. The van der Waals surface area contributed by atoms with Crippen molar-refractivity contribution >= 4 is 32.6 Å². The number of nitrogens with zero attached hydrogens (tertiary/aromatic N) is 2. The van der Waals surface area contributed by atoms with E-state index >= 15 is 0 Å². The maximum Gasteiger partial charge on any atom is 0.145 e. The van der Waals surface area contributed by atoms with Gasteiger partial charge in [-0.3, -0.25) is 4.57 Å². The maximum absolute atomic E-state index is 5.38. The number of hydrogen-bond donors (Lipinski definition) is 0. The van der Waals surface area contributed by atoms with Crippen molar-refractivity contribution in [1.29, 1.82) is 0 Å². The van der Waals surface area contributed by atoms with Gasteiger partial charge >= 0.3 is 0 Å². The second kappa shape index (κ2) is 15.5. The van der Waals surface area contributed by atoms with Crippen molar-refractivity contribution in [2.24, 2.45) is 0 Å². The second-order valence-corrected chi connectivity index (χ2v) is 20.7. The van der Waals surface area contributed by atoms with Crippen LogP contribution in [0.3, 0.4) is 0 Å². The monoisotopic (exact) mass is 906 g/mol. The minimum atomic E-state index is -0.148. The Balaban J connectivity index is 1.05. The third-order valence-electron chi connectivity index (χ3n) is 16.0. The van der Waals surface area contributed by atoms with Crippen LogP contribution in [-0.4, -0.2) is 9.55 Å². The molecule has 336 valence electrons. The lowest BCUT2D eigenvalue weighted by Gasteiger charge is -2.24. The molecular weight excluding hydrogens is 857 g/mol. The van der Waals surface area contributed by atoms with Crippen LogP contribution in [0.15, 0.2) is 231 Å². The molecule has 0 unspecified atom stereocenters. The lowest BCUT2D eigenvalue weighted by molar-refractivity contribution is 0.660. The first-order valence-corrected chi connectivity index (χ1v) is 24.9. The van der Waals surface area contributed by atoms with Gasteiger partial charge in [0.25, 0.3) is 0 Å². The predicted molar refractivity (Wildman–Crippen MR) is 298 cm³/mol. The average molecular weight is 907 g/mol. The highest BCUT2D eigenvalue weighted by Gasteiger charge is 2.37. The van der Waals surface area contributed by atoms with Crippen molar-refractivity contribution in [3.05, 3.63) is 253 Å². The molecule has 0 saturated carbocycles. The Morgan fingerprint density at radius 1 is 0.310 bits per heavy atom. The summed E-state index contributed by atoms with van der Waals surface area (Å²) in [7, 11) is 0. The molecule has 0 radical (unpaired) electrons. The van der Waals surface area contributed by atoms with E-state index in [0.717, 1.165) is 39.2 Å². The van der Waals surface area contributed by atoms with Crippen LogP contribution in [0.2, 0.25) is 0 Å². The van der Waals surface area contributed by atoms with Crippen molar-refractivity contribution < 1.29 is 0 Å². The zero-order valence-electron chi connectivity index (χ0n) is 40.3. The van der Waals surface area contributed by atoms with Crippen LogP contribution < -0.4 is 0 Å². The van der Waals surface area contributed by atoms with Crippen LogP contribution in [0.5, 0.6) is 0 Å². The molecule has 0 N–H and O–H groups in total. The summed E-state index contributed by atoms with van der Waals surface area (Å²) in [5.74, 6) is 0.929. The third-order valence-corrected chi connectivity index (χ3v) is 16.0. The van der Waals surface area contributed by atoms with Crippen LogP contribution in [-0.2, 0) is 10.8 Å². The first-order chi connectivity index (χ1) is 34.7. The normalized spacial score (nSPS) is 13.9. The Morgan fingerprint density at radius 3 is 1.28 bits per heavy atom. The summed E-state index contributed by atoms with van der Waals surface area (Å²) in [6, 6.07) is 85.6. The van der Waals surface area contributed by atoms with Gasteiger partial charge < -0.3 is 0 Å². The van der Waals surface area contributed by atoms with E-state index in [0.29, 0.717) is 0 Å². The molecule has 14 rings (SSSR count). The van der Waals surface area contributed by atoms with E-state index in [9.17, 15) is 0 Å². The Kier molecular flexibility index (Phi) is 9.01. The van der Waals surface area contributed by atoms with Crippen molar-refractivity contribution in [3.8, 4) is 83.8 Å². The highest BCUT2D eigenvalue weighted by atomic mass is 15.1. The molecule has 1 aromatic heterocycles. The van der Waals surface area contributed by atoms with Crippen LogP contribution in [0.1, 0.15) is 49.9 Å². The summed E-state index contributed by atoms with van der Waals surface area (Å²) in [5.41, 5.74) is 24.4. The Bertz CT molecular complexity index is 4140. The summed E-state index contributed by atoms with van der Waals surface area (Å²) >= 11 is 0. The minimum Gasteiger partial charge on any atom is -0.292 e. The fourth-order valence-electron chi connectivity index (χ4n) is 12.4. The standard InChI is InChI=1S/C69H50N2/c1-68(2)59-26-16-14-24-51(59)53-33-30-48(40-61(53)68)65-56-36-29-46(47-32-37-64-63(42-47)70-67(44-20-10-6-11-21-44)71(64)50-22-12-7-13-23-50)39-58(56)66(55-35-28-45(38-57(55)65)43-18-8-5-9-19-43)49-31-34-54-52-25-15-17-27-60(52)69(3,4)62(54)41-49/h5-42H,1-4H3. The number of rotatable bonds is 6. The van der Waals surface area contributed by atoms with Gasteiger partial charge in [0, 0.05) is 22.1 Å². The fraction of sp³-hybridized carbons (Fsp3) is 0.0870. The lowest BCUT2D eigenvalue weighted by Crippen LogP contribution is -2.15. The molecule has 11 aromatic carbocycles. The fourth-order valence-corrected chi connectivity index (χ4v) is 12.4. The summed E-state index contributed by atoms with van der Waals surface area (Å²) in [5, 5.41) is 4.96. The quantitative estimate of drug-likeness (QED) is 0.152. The van der Waals surface area contributed by atoms with Crippen molar-refractivity contribution in [2.45, 2.75) is 38.5 Å². The molecule has 0 amide bonds. The molecule has 0 spiro atoms. The number of imidazole rings is 1. The zero-order chi connectivity index (χ0) is 47.6. The third kappa shape index (κ3) is 6.24. The molecule has 2 aliphatic carbocycles. The van der Waals surface area contributed by atoms with E-state index in [4.69, 9.17) is 4.98 Å². The van der Waals surface area contributed by atoms with Gasteiger partial charge in [-0.2, -0.15) is 0 Å². The number of aromatic nitrogens is 2. The zero-order valence-corrected chi connectivity index (χ0v) is 40.3. The van der Waals surface area contributed by atoms with Gasteiger partial charge in [0.15, 0.2) is 0 Å².